The second-order valence-corrected chi connectivity index (χ2v) is 4.07. The Morgan fingerprint density at radius 1 is 1.35 bits per heavy atom. The van der Waals surface area contributed by atoms with Crippen molar-refractivity contribution >= 4 is 5.69 Å². The molecule has 17 heavy (non-hydrogen) atoms. The second kappa shape index (κ2) is 4.75. The van der Waals surface area contributed by atoms with Crippen LogP contribution in [-0.4, -0.2) is 7.05 Å². The van der Waals surface area contributed by atoms with Crippen LogP contribution in [0, 0.1) is 18.3 Å². The van der Waals surface area contributed by atoms with E-state index in [1.807, 2.05) is 38.2 Å². The number of hydrogen-bond acceptors (Lipinski definition) is 3. The van der Waals surface area contributed by atoms with Gasteiger partial charge in [0.25, 0.3) is 0 Å². The van der Waals surface area contributed by atoms with Crippen molar-refractivity contribution in [2.75, 3.05) is 11.9 Å². The van der Waals surface area contributed by atoms with Gasteiger partial charge in [0.15, 0.2) is 0 Å². The van der Waals surface area contributed by atoms with Gasteiger partial charge in [-0.25, -0.2) is 0 Å². The lowest BCUT2D eigenvalue weighted by Crippen LogP contribution is -2.18. The summed E-state index contributed by atoms with van der Waals surface area (Å²) in [5, 5.41) is 9.12. The van der Waals surface area contributed by atoms with Crippen LogP contribution >= 0.6 is 0 Å². The first kappa shape index (κ1) is 11.3. The number of furan rings is 1. The van der Waals surface area contributed by atoms with Gasteiger partial charge in [-0.15, -0.1) is 0 Å². The molecule has 1 aromatic heterocycles. The average molecular weight is 226 g/mol. The van der Waals surface area contributed by atoms with Gasteiger partial charge in [0.05, 0.1) is 23.8 Å². The van der Waals surface area contributed by atoms with E-state index in [2.05, 4.69) is 11.0 Å². The molecule has 0 aliphatic heterocycles. The molecule has 86 valence electrons. The minimum Gasteiger partial charge on any atom is -0.472 e. The lowest BCUT2D eigenvalue weighted by molar-refractivity contribution is 0.563. The van der Waals surface area contributed by atoms with Crippen molar-refractivity contribution in [3.8, 4) is 6.07 Å². The molecule has 0 fully saturated rings. The molecule has 0 saturated carbocycles. The summed E-state index contributed by atoms with van der Waals surface area (Å²) in [6, 6.07) is 9.93. The fraction of sp³-hybridized carbons (Fsp3) is 0.214. The van der Waals surface area contributed by atoms with E-state index < -0.39 is 0 Å². The first-order chi connectivity index (χ1) is 8.22. The number of anilines is 1. The lowest BCUT2D eigenvalue weighted by atomic mass is 10.1. The zero-order chi connectivity index (χ0) is 12.3. The van der Waals surface area contributed by atoms with Crippen LogP contribution in [0.2, 0.25) is 0 Å². The van der Waals surface area contributed by atoms with E-state index >= 15 is 0 Å². The molecule has 0 radical (unpaired) electrons. The first-order valence-corrected chi connectivity index (χ1v) is 5.44. The van der Waals surface area contributed by atoms with Gasteiger partial charge in [-0.05, 0) is 24.6 Å². The van der Waals surface area contributed by atoms with Crippen LogP contribution in [0.25, 0.3) is 0 Å². The van der Waals surface area contributed by atoms with E-state index in [1.165, 1.54) is 0 Å². The van der Waals surface area contributed by atoms with Gasteiger partial charge >= 0.3 is 0 Å². The summed E-state index contributed by atoms with van der Waals surface area (Å²) < 4.78 is 5.05. The summed E-state index contributed by atoms with van der Waals surface area (Å²) in [5.41, 5.74) is 3.89. The van der Waals surface area contributed by atoms with Crippen LogP contribution in [-0.2, 0) is 6.54 Å². The Labute approximate surface area is 101 Å². The average Bonchev–Trinajstić information content (AvgIpc) is 2.81. The molecule has 0 aliphatic rings. The van der Waals surface area contributed by atoms with Crippen molar-refractivity contribution in [3.63, 3.8) is 0 Å². The molecule has 3 nitrogen and oxygen atoms in total. The number of para-hydroxylation sites is 1. The van der Waals surface area contributed by atoms with Gasteiger partial charge in [0, 0.05) is 19.2 Å². The van der Waals surface area contributed by atoms with Crippen molar-refractivity contribution in [3.05, 3.63) is 53.5 Å². The SMILES string of the molecule is Cc1cccc(C#N)c1N(C)Cc1ccoc1. The molecule has 0 N–H and O–H groups in total. The maximum absolute atomic E-state index is 9.12. The normalized spacial score (nSPS) is 9.94. The fourth-order valence-corrected chi connectivity index (χ4v) is 1.99. The lowest BCUT2D eigenvalue weighted by Gasteiger charge is -2.21. The molecule has 1 aromatic carbocycles. The van der Waals surface area contributed by atoms with Gasteiger partial charge in [0.1, 0.15) is 6.07 Å². The Bertz CT molecular complexity index is 538. The third kappa shape index (κ3) is 2.31. The predicted octanol–water partition coefficient (Wildman–Crippen LogP) is 3.10. The summed E-state index contributed by atoms with van der Waals surface area (Å²) in [6.45, 7) is 2.75. The van der Waals surface area contributed by atoms with Crippen LogP contribution in [0.1, 0.15) is 16.7 Å². The van der Waals surface area contributed by atoms with Crippen molar-refractivity contribution < 1.29 is 4.42 Å². The Hall–Kier alpha value is -2.21. The molecule has 0 saturated heterocycles. The van der Waals surface area contributed by atoms with Crippen molar-refractivity contribution in [1.82, 2.24) is 0 Å². The second-order valence-electron chi connectivity index (χ2n) is 4.07. The summed E-state index contributed by atoms with van der Waals surface area (Å²) in [4.78, 5) is 2.07. The van der Waals surface area contributed by atoms with E-state index in [9.17, 15) is 0 Å². The molecule has 0 unspecified atom stereocenters. The van der Waals surface area contributed by atoms with Crippen LogP contribution in [0.3, 0.4) is 0 Å². The molecule has 3 heteroatoms. The zero-order valence-electron chi connectivity index (χ0n) is 9.97. The van der Waals surface area contributed by atoms with E-state index in [1.54, 1.807) is 12.5 Å². The van der Waals surface area contributed by atoms with Crippen LogP contribution in [0.15, 0.2) is 41.2 Å². The highest BCUT2D eigenvalue weighted by Crippen LogP contribution is 2.24. The van der Waals surface area contributed by atoms with Crippen molar-refractivity contribution in [2.45, 2.75) is 13.5 Å². The molecule has 1 heterocycles. The Morgan fingerprint density at radius 3 is 2.82 bits per heavy atom. The molecule has 0 amide bonds. The fourth-order valence-electron chi connectivity index (χ4n) is 1.99. The highest BCUT2D eigenvalue weighted by molar-refractivity contribution is 5.63. The maximum atomic E-state index is 9.12. The van der Waals surface area contributed by atoms with E-state index in [4.69, 9.17) is 9.68 Å². The Morgan fingerprint density at radius 2 is 2.18 bits per heavy atom. The van der Waals surface area contributed by atoms with Crippen LogP contribution < -0.4 is 4.90 Å². The predicted molar refractivity (Wildman–Crippen MR) is 66.7 cm³/mol. The summed E-state index contributed by atoms with van der Waals surface area (Å²) >= 11 is 0. The largest absolute Gasteiger partial charge is 0.472 e. The summed E-state index contributed by atoms with van der Waals surface area (Å²) in [5.74, 6) is 0. The number of nitriles is 1. The number of hydrogen-bond donors (Lipinski definition) is 0. The minimum absolute atomic E-state index is 0.705. The van der Waals surface area contributed by atoms with Crippen molar-refractivity contribution in [2.24, 2.45) is 0 Å². The van der Waals surface area contributed by atoms with Gasteiger partial charge in [-0.2, -0.15) is 5.26 Å². The first-order valence-electron chi connectivity index (χ1n) is 5.44. The molecule has 2 rings (SSSR count). The van der Waals surface area contributed by atoms with E-state index in [0.717, 1.165) is 23.4 Å². The topological polar surface area (TPSA) is 40.2 Å². The highest BCUT2D eigenvalue weighted by Gasteiger charge is 2.10. The number of nitrogens with zero attached hydrogens (tertiary/aromatic N) is 2. The zero-order valence-corrected chi connectivity index (χ0v) is 9.97. The minimum atomic E-state index is 0.705. The van der Waals surface area contributed by atoms with Gasteiger partial charge in [-0.1, -0.05) is 12.1 Å². The van der Waals surface area contributed by atoms with Crippen LogP contribution in [0.4, 0.5) is 5.69 Å². The Balaban J connectivity index is 2.31. The van der Waals surface area contributed by atoms with Crippen LogP contribution in [0.5, 0.6) is 0 Å². The summed E-state index contributed by atoms with van der Waals surface area (Å²) in [6.07, 6.45) is 3.38. The van der Waals surface area contributed by atoms with Gasteiger partial charge in [0.2, 0.25) is 0 Å². The molecule has 0 atom stereocenters. The number of aryl methyl sites for hydroxylation is 1. The van der Waals surface area contributed by atoms with E-state index in [0.29, 0.717) is 5.56 Å². The highest BCUT2D eigenvalue weighted by atomic mass is 16.3. The maximum Gasteiger partial charge on any atom is 0.101 e. The van der Waals surface area contributed by atoms with E-state index in [-0.39, 0.29) is 0 Å². The molecule has 0 spiro atoms. The quantitative estimate of drug-likeness (QED) is 0.807. The monoisotopic (exact) mass is 226 g/mol. The number of rotatable bonds is 3. The third-order valence-electron chi connectivity index (χ3n) is 2.74. The van der Waals surface area contributed by atoms with Crippen molar-refractivity contribution in [1.29, 1.82) is 5.26 Å². The molecule has 0 bridgehead atoms. The standard InChI is InChI=1S/C14H14N2O/c1-11-4-3-5-13(8-15)14(11)16(2)9-12-6-7-17-10-12/h3-7,10H,9H2,1-2H3. The molecular formula is C14H14N2O. The smallest absolute Gasteiger partial charge is 0.101 e. The molecule has 0 aliphatic carbocycles. The van der Waals surface area contributed by atoms with Gasteiger partial charge < -0.3 is 9.32 Å². The van der Waals surface area contributed by atoms with Gasteiger partial charge in [-0.3, -0.25) is 0 Å². The molecule has 2 aromatic rings. The number of benzene rings is 1. The Kier molecular flexibility index (Phi) is 3.15. The summed E-state index contributed by atoms with van der Waals surface area (Å²) in [7, 11) is 1.98. The molecular weight excluding hydrogens is 212 g/mol. The third-order valence-corrected chi connectivity index (χ3v) is 2.74.